The van der Waals surface area contributed by atoms with E-state index in [1.807, 2.05) is 20.8 Å². The summed E-state index contributed by atoms with van der Waals surface area (Å²) in [5.41, 5.74) is 0. The quantitative estimate of drug-likeness (QED) is 0.689. The predicted molar refractivity (Wildman–Crippen MR) is 69.3 cm³/mol. The molecule has 0 radical (unpaired) electrons. The van der Waals surface area contributed by atoms with E-state index in [1.54, 1.807) is 0 Å². The molecule has 0 spiro atoms. The lowest BCUT2D eigenvalue weighted by atomic mass is 9.85. The van der Waals surface area contributed by atoms with Gasteiger partial charge in [0.05, 0.1) is 12.0 Å². The maximum absolute atomic E-state index is 11.8. The minimum absolute atomic E-state index is 0.0255. The van der Waals surface area contributed by atoms with Crippen LogP contribution < -0.4 is 10.6 Å². The van der Waals surface area contributed by atoms with Crippen LogP contribution in [0.2, 0.25) is 0 Å². The Morgan fingerprint density at radius 1 is 1.22 bits per heavy atom. The number of aliphatic carboxylic acids is 1. The van der Waals surface area contributed by atoms with Crippen molar-refractivity contribution >= 4 is 11.9 Å². The molecule has 0 aromatic heterocycles. The fourth-order valence-corrected chi connectivity index (χ4v) is 2.40. The molecule has 0 bridgehead atoms. The first kappa shape index (κ1) is 15.0. The van der Waals surface area contributed by atoms with E-state index >= 15 is 0 Å². The number of carbonyl (C=O) groups excluding carboxylic acids is 1. The highest BCUT2D eigenvalue weighted by Gasteiger charge is 2.28. The number of rotatable bonds is 5. The van der Waals surface area contributed by atoms with Crippen molar-refractivity contribution in [2.75, 3.05) is 0 Å². The maximum atomic E-state index is 11.8. The number of carboxylic acid groups (broad SMARTS) is 1. The Morgan fingerprint density at radius 3 is 2.44 bits per heavy atom. The molecule has 5 nitrogen and oxygen atoms in total. The summed E-state index contributed by atoms with van der Waals surface area (Å²) in [6.07, 6.45) is 3.23. The fourth-order valence-electron chi connectivity index (χ4n) is 2.40. The zero-order chi connectivity index (χ0) is 13.7. The van der Waals surface area contributed by atoms with Crippen LogP contribution in [0.25, 0.3) is 0 Å². The molecular weight excluding hydrogens is 232 g/mol. The number of amides is 1. The minimum atomic E-state index is -0.721. The Morgan fingerprint density at radius 2 is 1.89 bits per heavy atom. The molecule has 0 aliphatic heterocycles. The van der Waals surface area contributed by atoms with Crippen LogP contribution in [-0.4, -0.2) is 35.1 Å². The van der Waals surface area contributed by atoms with E-state index in [0.29, 0.717) is 6.42 Å². The number of carbonyl (C=O) groups is 2. The summed E-state index contributed by atoms with van der Waals surface area (Å²) in [4.78, 5) is 22.7. The fraction of sp³-hybridized carbons (Fsp3) is 0.846. The topological polar surface area (TPSA) is 78.4 Å². The molecule has 0 aromatic carbocycles. The molecule has 1 amide bonds. The molecule has 3 unspecified atom stereocenters. The van der Waals surface area contributed by atoms with Crippen molar-refractivity contribution in [1.29, 1.82) is 0 Å². The smallest absolute Gasteiger partial charge is 0.306 e. The van der Waals surface area contributed by atoms with Gasteiger partial charge < -0.3 is 15.7 Å². The van der Waals surface area contributed by atoms with E-state index in [-0.39, 0.29) is 30.0 Å². The van der Waals surface area contributed by atoms with Gasteiger partial charge in [-0.25, -0.2) is 0 Å². The second-order valence-electron chi connectivity index (χ2n) is 5.45. The number of carboxylic acids is 1. The summed E-state index contributed by atoms with van der Waals surface area (Å²) in [7, 11) is 0. The van der Waals surface area contributed by atoms with E-state index in [1.165, 1.54) is 0 Å². The van der Waals surface area contributed by atoms with E-state index in [4.69, 9.17) is 5.11 Å². The molecule has 104 valence electrons. The molecule has 0 aromatic rings. The third-order valence-electron chi connectivity index (χ3n) is 3.33. The predicted octanol–water partition coefficient (Wildman–Crippen LogP) is 1.13. The van der Waals surface area contributed by atoms with Crippen molar-refractivity contribution in [1.82, 2.24) is 10.6 Å². The van der Waals surface area contributed by atoms with Gasteiger partial charge in [-0.15, -0.1) is 0 Å². The van der Waals surface area contributed by atoms with Gasteiger partial charge in [0.1, 0.15) is 0 Å². The lowest BCUT2D eigenvalue weighted by Gasteiger charge is -2.29. The Labute approximate surface area is 108 Å². The van der Waals surface area contributed by atoms with Gasteiger partial charge in [-0.1, -0.05) is 6.42 Å². The maximum Gasteiger partial charge on any atom is 0.306 e. The van der Waals surface area contributed by atoms with Crippen LogP contribution in [0.15, 0.2) is 0 Å². The van der Waals surface area contributed by atoms with Crippen molar-refractivity contribution in [2.45, 2.75) is 64.6 Å². The second kappa shape index (κ2) is 6.73. The molecule has 18 heavy (non-hydrogen) atoms. The SMILES string of the molecule is CC(C)NC(=O)C(C)NC1CCCC(C(=O)O)C1. The number of nitrogens with one attached hydrogen (secondary N) is 2. The Kier molecular flexibility index (Phi) is 5.59. The molecule has 1 rings (SSSR count). The zero-order valence-electron chi connectivity index (χ0n) is 11.4. The molecule has 1 saturated carbocycles. The van der Waals surface area contributed by atoms with Crippen molar-refractivity contribution in [2.24, 2.45) is 5.92 Å². The van der Waals surface area contributed by atoms with Gasteiger partial charge in [0.15, 0.2) is 0 Å². The number of hydrogen-bond donors (Lipinski definition) is 3. The molecule has 3 atom stereocenters. The average Bonchev–Trinajstić information content (AvgIpc) is 2.28. The van der Waals surface area contributed by atoms with Crippen molar-refractivity contribution < 1.29 is 14.7 Å². The first-order chi connectivity index (χ1) is 8.40. The molecule has 1 fully saturated rings. The Balaban J connectivity index is 2.41. The van der Waals surface area contributed by atoms with Crippen LogP contribution in [0.3, 0.4) is 0 Å². The van der Waals surface area contributed by atoms with Crippen LogP contribution in [0, 0.1) is 5.92 Å². The van der Waals surface area contributed by atoms with E-state index in [2.05, 4.69) is 10.6 Å². The van der Waals surface area contributed by atoms with Crippen LogP contribution >= 0.6 is 0 Å². The van der Waals surface area contributed by atoms with Crippen molar-refractivity contribution in [3.63, 3.8) is 0 Å². The summed E-state index contributed by atoms with van der Waals surface area (Å²) in [6.45, 7) is 5.67. The van der Waals surface area contributed by atoms with Crippen LogP contribution in [0.5, 0.6) is 0 Å². The Hall–Kier alpha value is -1.10. The summed E-state index contributed by atoms with van der Waals surface area (Å²) in [5, 5.41) is 15.1. The first-order valence-electron chi connectivity index (χ1n) is 6.69. The second-order valence-corrected chi connectivity index (χ2v) is 5.45. The van der Waals surface area contributed by atoms with Crippen molar-refractivity contribution in [3.8, 4) is 0 Å². The Bertz CT molecular complexity index is 305. The third-order valence-corrected chi connectivity index (χ3v) is 3.33. The summed E-state index contributed by atoms with van der Waals surface area (Å²) in [5.74, 6) is -1.01. The van der Waals surface area contributed by atoms with Crippen LogP contribution in [-0.2, 0) is 9.59 Å². The molecular formula is C13H24N2O3. The van der Waals surface area contributed by atoms with Gasteiger partial charge in [-0.3, -0.25) is 9.59 Å². The lowest BCUT2D eigenvalue weighted by Crippen LogP contribution is -2.49. The third kappa shape index (κ3) is 4.64. The molecule has 3 N–H and O–H groups in total. The summed E-state index contributed by atoms with van der Waals surface area (Å²) >= 11 is 0. The van der Waals surface area contributed by atoms with Gasteiger partial charge in [0, 0.05) is 12.1 Å². The van der Waals surface area contributed by atoms with E-state index in [9.17, 15) is 9.59 Å². The summed E-state index contributed by atoms with van der Waals surface area (Å²) in [6, 6.07) is -0.0161. The van der Waals surface area contributed by atoms with Gasteiger partial charge >= 0.3 is 5.97 Å². The largest absolute Gasteiger partial charge is 0.481 e. The highest BCUT2D eigenvalue weighted by atomic mass is 16.4. The standard InChI is InChI=1S/C13H24N2O3/c1-8(2)14-12(16)9(3)15-11-6-4-5-10(7-11)13(17)18/h8-11,15H,4-7H2,1-3H3,(H,14,16)(H,17,18). The van der Waals surface area contributed by atoms with Crippen molar-refractivity contribution in [3.05, 3.63) is 0 Å². The van der Waals surface area contributed by atoms with Gasteiger partial charge in [0.2, 0.25) is 5.91 Å². The highest BCUT2D eigenvalue weighted by Crippen LogP contribution is 2.24. The molecule has 1 aliphatic carbocycles. The van der Waals surface area contributed by atoms with Crippen LogP contribution in [0.1, 0.15) is 46.5 Å². The van der Waals surface area contributed by atoms with E-state index < -0.39 is 5.97 Å². The molecule has 0 heterocycles. The van der Waals surface area contributed by atoms with Gasteiger partial charge in [-0.05, 0) is 40.0 Å². The molecule has 0 saturated heterocycles. The summed E-state index contributed by atoms with van der Waals surface area (Å²) < 4.78 is 0. The normalized spacial score (nSPS) is 25.8. The first-order valence-corrected chi connectivity index (χ1v) is 6.69. The monoisotopic (exact) mass is 256 g/mol. The zero-order valence-corrected chi connectivity index (χ0v) is 11.4. The average molecular weight is 256 g/mol. The van der Waals surface area contributed by atoms with E-state index in [0.717, 1.165) is 19.3 Å². The molecule has 1 aliphatic rings. The molecule has 5 heteroatoms. The van der Waals surface area contributed by atoms with Crippen LogP contribution in [0.4, 0.5) is 0 Å². The minimum Gasteiger partial charge on any atom is -0.481 e. The van der Waals surface area contributed by atoms with Gasteiger partial charge in [-0.2, -0.15) is 0 Å². The van der Waals surface area contributed by atoms with Gasteiger partial charge in [0.25, 0.3) is 0 Å². The highest BCUT2D eigenvalue weighted by molar-refractivity contribution is 5.81. The lowest BCUT2D eigenvalue weighted by molar-refractivity contribution is -0.143. The number of hydrogen-bond acceptors (Lipinski definition) is 3.